The number of nitrogens with one attached hydrogen (secondary N) is 1. The third-order valence-electron chi connectivity index (χ3n) is 11.3. The first kappa shape index (κ1) is 39.7. The van der Waals surface area contributed by atoms with Gasteiger partial charge in [-0.05, 0) is 101 Å². The van der Waals surface area contributed by atoms with Crippen molar-refractivity contribution >= 4 is 29.8 Å². The Balaban J connectivity index is 1.07. The van der Waals surface area contributed by atoms with Gasteiger partial charge in [0.25, 0.3) is 0 Å². The molecule has 2 saturated heterocycles. The molecule has 0 bridgehead atoms. The highest BCUT2D eigenvalue weighted by atomic mass is 16.8. The summed E-state index contributed by atoms with van der Waals surface area (Å²) in [5, 5.41) is 23.1. The van der Waals surface area contributed by atoms with Crippen molar-refractivity contribution in [2.45, 2.75) is 127 Å². The predicted octanol–water partition coefficient (Wildman–Crippen LogP) is 5.39. The van der Waals surface area contributed by atoms with Crippen molar-refractivity contribution in [3.8, 4) is 5.75 Å². The molecule has 12 heteroatoms. The molecule has 5 aliphatic rings. The Morgan fingerprint density at radius 2 is 1.71 bits per heavy atom. The number of likely N-dealkylation sites (tertiary alicyclic amines) is 1. The quantitative estimate of drug-likeness (QED) is 0.213. The molecule has 2 aromatic carbocycles. The summed E-state index contributed by atoms with van der Waals surface area (Å²) in [6, 6.07) is 12.8. The number of aliphatic hydroxyl groups excluding tert-OH is 1. The minimum Gasteiger partial charge on any atom is -0.508 e. The highest BCUT2D eigenvalue weighted by Gasteiger charge is 2.64. The Morgan fingerprint density at radius 1 is 1.00 bits per heavy atom. The number of ether oxygens (including phenoxy) is 4. The van der Waals surface area contributed by atoms with Crippen LogP contribution in [0.25, 0.3) is 6.08 Å². The van der Waals surface area contributed by atoms with Crippen LogP contribution in [0.4, 0.5) is 0 Å². The summed E-state index contributed by atoms with van der Waals surface area (Å²) in [6.07, 6.45) is 9.29. The molecule has 3 aliphatic carbocycles. The number of carbonyl (C=O) groups excluding carboxylic acids is 4. The average molecular weight is 771 g/mol. The second-order valence-electron chi connectivity index (χ2n) is 16.8. The van der Waals surface area contributed by atoms with Crippen molar-refractivity contribution in [3.05, 3.63) is 82.9 Å². The molecule has 2 heterocycles. The Hall–Kier alpha value is -4.52. The van der Waals surface area contributed by atoms with Crippen molar-refractivity contribution < 1.29 is 48.3 Å². The van der Waals surface area contributed by atoms with E-state index in [1.165, 1.54) is 0 Å². The molecule has 12 nitrogen and oxygen atoms in total. The van der Waals surface area contributed by atoms with Crippen LogP contribution in [0.3, 0.4) is 0 Å². The topological polar surface area (TPSA) is 161 Å². The van der Waals surface area contributed by atoms with Crippen LogP contribution >= 0.6 is 0 Å². The zero-order valence-electron chi connectivity index (χ0n) is 32.5. The molecule has 300 valence electrons. The summed E-state index contributed by atoms with van der Waals surface area (Å²) in [5.74, 6) is -1.77. The Labute approximate surface area is 328 Å². The molecular formula is C44H54N2O10. The highest BCUT2D eigenvalue weighted by Crippen LogP contribution is 2.59. The Kier molecular flexibility index (Phi) is 11.7. The third-order valence-corrected chi connectivity index (χ3v) is 11.3. The number of hydrogen-bond donors (Lipinski definition) is 3. The number of benzene rings is 2. The Bertz CT molecular complexity index is 1850. The molecule has 0 radical (unpaired) electrons. The Morgan fingerprint density at radius 3 is 2.41 bits per heavy atom. The first-order chi connectivity index (χ1) is 26.8. The van der Waals surface area contributed by atoms with Crippen LogP contribution in [0.5, 0.6) is 5.75 Å². The molecule has 7 rings (SSSR count). The van der Waals surface area contributed by atoms with Gasteiger partial charge in [0, 0.05) is 36.8 Å². The molecule has 2 saturated carbocycles. The van der Waals surface area contributed by atoms with Crippen LogP contribution in [0.15, 0.2) is 66.3 Å². The smallest absolute Gasteiger partial charge is 0.339 e. The van der Waals surface area contributed by atoms with Crippen LogP contribution in [0, 0.1) is 11.8 Å². The van der Waals surface area contributed by atoms with E-state index in [4.69, 9.17) is 18.9 Å². The van der Waals surface area contributed by atoms with Gasteiger partial charge < -0.3 is 39.4 Å². The van der Waals surface area contributed by atoms with E-state index in [-0.39, 0.29) is 49.4 Å². The molecular weight excluding hydrogens is 716 g/mol. The van der Waals surface area contributed by atoms with E-state index in [0.29, 0.717) is 42.5 Å². The van der Waals surface area contributed by atoms with Crippen molar-refractivity contribution in [1.82, 2.24) is 10.2 Å². The number of fused-ring (bicyclic) bond motifs is 1. The largest absolute Gasteiger partial charge is 0.508 e. The van der Waals surface area contributed by atoms with Crippen molar-refractivity contribution in [1.29, 1.82) is 0 Å². The van der Waals surface area contributed by atoms with Crippen LogP contribution in [0.2, 0.25) is 0 Å². The maximum absolute atomic E-state index is 14.4. The maximum atomic E-state index is 14.4. The summed E-state index contributed by atoms with van der Waals surface area (Å²) >= 11 is 0. The van der Waals surface area contributed by atoms with Crippen molar-refractivity contribution in [2.24, 2.45) is 11.8 Å². The van der Waals surface area contributed by atoms with Crippen LogP contribution < -0.4 is 5.32 Å². The van der Waals surface area contributed by atoms with E-state index in [0.717, 1.165) is 31.2 Å². The van der Waals surface area contributed by atoms with Gasteiger partial charge in [0.15, 0.2) is 5.79 Å². The number of carbonyl (C=O) groups is 4. The van der Waals surface area contributed by atoms with Crippen LogP contribution in [0.1, 0.15) is 100 Å². The molecule has 5 atom stereocenters. The number of rotatable bonds is 14. The molecule has 2 aliphatic heterocycles. The standard InChI is InChI=1S/C44H54N2O10/c1-43(2,3)55-38(49)22-21-32(26-47)45-40(50)34-15-9-23-46(34)41(51)29-24-36(39-37(25-29)54-44(56-39,30-17-18-30)31-19-20-31)53-42(52)33-14-6-4-10-27(33)12-8-13-28-11-5-7-16-35(28)48/h4-8,10-12,14,16,25,30-32,34,36-37,39,47-48H,9,13,15,17-24,26H2,1-3H3,(H,45,50)/t32-,34+,36+,37+,39-/m0/s1. The second kappa shape index (κ2) is 16.5. The lowest BCUT2D eigenvalue weighted by Crippen LogP contribution is -2.51. The van der Waals surface area contributed by atoms with Gasteiger partial charge in [-0.3, -0.25) is 14.4 Å². The van der Waals surface area contributed by atoms with E-state index in [9.17, 15) is 29.4 Å². The molecule has 3 N–H and O–H groups in total. The van der Waals surface area contributed by atoms with Crippen molar-refractivity contribution in [2.75, 3.05) is 13.2 Å². The van der Waals surface area contributed by atoms with Gasteiger partial charge in [-0.1, -0.05) is 48.6 Å². The number of allylic oxidation sites excluding steroid dienone is 1. The second-order valence-corrected chi connectivity index (χ2v) is 16.8. The summed E-state index contributed by atoms with van der Waals surface area (Å²) in [7, 11) is 0. The number of amides is 2. The van der Waals surface area contributed by atoms with E-state index >= 15 is 0 Å². The molecule has 0 aromatic heterocycles. The lowest BCUT2D eigenvalue weighted by atomic mass is 9.91. The summed E-state index contributed by atoms with van der Waals surface area (Å²) in [4.78, 5) is 55.9. The first-order valence-corrected chi connectivity index (χ1v) is 20.1. The number of para-hydroxylation sites is 1. The third kappa shape index (κ3) is 9.03. The number of aromatic hydroxyl groups is 1. The fourth-order valence-electron chi connectivity index (χ4n) is 8.24. The van der Waals surface area contributed by atoms with Crippen LogP contribution in [-0.4, -0.2) is 93.8 Å². The molecule has 0 spiro atoms. The van der Waals surface area contributed by atoms with Gasteiger partial charge in [0.1, 0.15) is 35.7 Å². The number of hydrogen-bond acceptors (Lipinski definition) is 10. The molecule has 0 unspecified atom stereocenters. The van der Waals surface area contributed by atoms with E-state index < -0.39 is 59.6 Å². The van der Waals surface area contributed by atoms with Crippen LogP contribution in [-0.2, 0) is 39.8 Å². The van der Waals surface area contributed by atoms with Crippen molar-refractivity contribution in [3.63, 3.8) is 0 Å². The first-order valence-electron chi connectivity index (χ1n) is 20.1. The fraction of sp³-hybridized carbons (Fsp3) is 0.545. The predicted molar refractivity (Wildman–Crippen MR) is 206 cm³/mol. The number of esters is 2. The lowest BCUT2D eigenvalue weighted by molar-refractivity contribution is -0.209. The lowest BCUT2D eigenvalue weighted by Gasteiger charge is -2.33. The van der Waals surface area contributed by atoms with Gasteiger partial charge in [-0.25, -0.2) is 4.79 Å². The summed E-state index contributed by atoms with van der Waals surface area (Å²) in [6.45, 7) is 5.32. The molecule has 2 aromatic rings. The minimum absolute atomic E-state index is 0.0237. The van der Waals surface area contributed by atoms with Gasteiger partial charge >= 0.3 is 11.9 Å². The van der Waals surface area contributed by atoms with Gasteiger partial charge in [0.2, 0.25) is 11.8 Å². The average Bonchev–Trinajstić information content (AvgIpc) is 4.11. The number of nitrogens with zero attached hydrogens (tertiary/aromatic N) is 1. The highest BCUT2D eigenvalue weighted by molar-refractivity contribution is 5.98. The number of phenolic OH excluding ortho intramolecular Hbond substituents is 1. The fourth-order valence-corrected chi connectivity index (χ4v) is 8.24. The zero-order chi connectivity index (χ0) is 39.6. The SMILES string of the molecule is CC(C)(C)OC(=O)CC[C@@H](CO)NC(=O)[C@H]1CCCN1C(=O)C1=C[C@H]2OC(C3CC3)(C3CC3)O[C@H]2[C@H](OC(=O)c2ccccc2C=CCc2ccccc2O)C1. The summed E-state index contributed by atoms with van der Waals surface area (Å²) < 4.78 is 25.3. The minimum atomic E-state index is -0.823. The van der Waals surface area contributed by atoms with Gasteiger partial charge in [0.05, 0.1) is 18.2 Å². The summed E-state index contributed by atoms with van der Waals surface area (Å²) in [5.41, 5.74) is 1.53. The molecule has 56 heavy (non-hydrogen) atoms. The van der Waals surface area contributed by atoms with Gasteiger partial charge in [-0.2, -0.15) is 0 Å². The number of phenols is 1. The van der Waals surface area contributed by atoms with E-state index in [2.05, 4.69) is 5.32 Å². The number of aliphatic hydroxyl groups is 1. The molecule has 2 amide bonds. The monoisotopic (exact) mass is 770 g/mol. The maximum Gasteiger partial charge on any atom is 0.339 e. The van der Waals surface area contributed by atoms with E-state index in [1.54, 1.807) is 49.9 Å². The zero-order valence-corrected chi connectivity index (χ0v) is 32.5. The molecule has 4 fully saturated rings. The van der Waals surface area contributed by atoms with Gasteiger partial charge in [-0.15, -0.1) is 0 Å². The normalized spacial score (nSPS) is 25.0. The van der Waals surface area contributed by atoms with E-state index in [1.807, 2.05) is 42.5 Å².